The molecule has 0 N–H and O–H groups in total. The second-order valence-electron chi connectivity index (χ2n) is 7.32. The molecule has 0 spiro atoms. The minimum atomic E-state index is -0.585. The van der Waals surface area contributed by atoms with E-state index in [2.05, 4.69) is 12.0 Å². The van der Waals surface area contributed by atoms with Crippen LogP contribution in [-0.4, -0.2) is 33.7 Å². The average Bonchev–Trinajstić information content (AvgIpc) is 3.04. The van der Waals surface area contributed by atoms with Gasteiger partial charge in [0.25, 0.3) is 5.56 Å². The molecule has 1 atom stereocenters. The molecular formula is C20H23N3O2S. The molecule has 4 rings (SSSR count). The maximum absolute atomic E-state index is 13.2. The second-order valence-corrected chi connectivity index (χ2v) is 8.37. The first-order chi connectivity index (χ1) is 12.5. The molecule has 5 nitrogen and oxygen atoms in total. The van der Waals surface area contributed by atoms with Crippen LogP contribution < -0.4 is 5.56 Å². The first-order valence-corrected chi connectivity index (χ1v) is 9.98. The normalized spacial score (nSPS) is 17.1. The maximum atomic E-state index is 13.2. The molecule has 1 amide bonds. The van der Waals surface area contributed by atoms with Crippen LogP contribution in [0.2, 0.25) is 0 Å². The summed E-state index contributed by atoms with van der Waals surface area (Å²) in [7, 11) is 0. The fourth-order valence-corrected chi connectivity index (χ4v) is 4.87. The summed E-state index contributed by atoms with van der Waals surface area (Å²) in [6.07, 6.45) is 2.04. The number of amides is 1. The molecule has 1 aliphatic heterocycles. The summed E-state index contributed by atoms with van der Waals surface area (Å²) in [5.41, 5.74) is 0.627. The van der Waals surface area contributed by atoms with Crippen molar-refractivity contribution in [2.24, 2.45) is 5.92 Å². The Morgan fingerprint density at radius 1 is 1.27 bits per heavy atom. The van der Waals surface area contributed by atoms with Crippen LogP contribution in [0.4, 0.5) is 0 Å². The molecule has 1 aliphatic rings. The van der Waals surface area contributed by atoms with E-state index in [9.17, 15) is 9.59 Å². The summed E-state index contributed by atoms with van der Waals surface area (Å²) in [5.74, 6) is 0.649. The SMILES string of the molecule is Cc1nn(C(C)C(=O)N2CCC(C)CC2)c(=O)c2c1sc1ccccc12. The molecule has 1 unspecified atom stereocenters. The summed E-state index contributed by atoms with van der Waals surface area (Å²) in [6.45, 7) is 7.45. The summed E-state index contributed by atoms with van der Waals surface area (Å²) in [6, 6.07) is 7.32. The van der Waals surface area contributed by atoms with Crippen LogP contribution in [0.3, 0.4) is 0 Å². The quantitative estimate of drug-likeness (QED) is 0.691. The number of thiophene rings is 1. The third-order valence-corrected chi connectivity index (χ3v) is 6.70. The molecule has 3 aromatic rings. The summed E-state index contributed by atoms with van der Waals surface area (Å²) in [4.78, 5) is 28.0. The number of rotatable bonds is 2. The first kappa shape index (κ1) is 17.2. The number of nitrogens with zero attached hydrogens (tertiary/aromatic N) is 3. The fourth-order valence-electron chi connectivity index (χ4n) is 3.74. The van der Waals surface area contributed by atoms with E-state index in [0.29, 0.717) is 11.3 Å². The molecular weight excluding hydrogens is 346 g/mol. The lowest BCUT2D eigenvalue weighted by atomic mass is 9.99. The largest absolute Gasteiger partial charge is 0.341 e. The van der Waals surface area contributed by atoms with Crippen molar-refractivity contribution in [1.82, 2.24) is 14.7 Å². The highest BCUT2D eigenvalue weighted by atomic mass is 32.1. The Kier molecular flexibility index (Phi) is 4.31. The number of likely N-dealkylation sites (tertiary alicyclic amines) is 1. The summed E-state index contributed by atoms with van der Waals surface area (Å²) in [5, 5.41) is 6.13. The van der Waals surface area contributed by atoms with Crippen molar-refractivity contribution in [2.45, 2.75) is 39.7 Å². The Labute approximate surface area is 156 Å². The zero-order chi connectivity index (χ0) is 18.4. The lowest BCUT2D eigenvalue weighted by Gasteiger charge is -2.32. The molecule has 0 radical (unpaired) electrons. The third-order valence-electron chi connectivity index (χ3n) is 5.42. The summed E-state index contributed by atoms with van der Waals surface area (Å²) < 4.78 is 3.38. The van der Waals surface area contributed by atoms with Crippen molar-refractivity contribution >= 4 is 37.4 Å². The lowest BCUT2D eigenvalue weighted by molar-refractivity contribution is -0.136. The van der Waals surface area contributed by atoms with Crippen LogP contribution in [-0.2, 0) is 4.79 Å². The zero-order valence-corrected chi connectivity index (χ0v) is 16.2. The number of carbonyl (C=O) groups excluding carboxylic acids is 1. The molecule has 3 heterocycles. The van der Waals surface area contributed by atoms with E-state index in [-0.39, 0.29) is 11.5 Å². The molecule has 136 valence electrons. The van der Waals surface area contributed by atoms with Crippen LogP contribution in [0.25, 0.3) is 20.2 Å². The van der Waals surface area contributed by atoms with Crippen molar-refractivity contribution in [3.05, 3.63) is 40.3 Å². The smallest absolute Gasteiger partial charge is 0.276 e. The molecule has 1 saturated heterocycles. The number of hydrogen-bond donors (Lipinski definition) is 0. The molecule has 2 aromatic heterocycles. The van der Waals surface area contributed by atoms with Gasteiger partial charge in [-0.15, -0.1) is 11.3 Å². The number of hydrogen-bond acceptors (Lipinski definition) is 4. The predicted molar refractivity (Wildman–Crippen MR) is 106 cm³/mol. The first-order valence-electron chi connectivity index (χ1n) is 9.17. The maximum Gasteiger partial charge on any atom is 0.276 e. The van der Waals surface area contributed by atoms with Gasteiger partial charge in [0, 0.05) is 23.2 Å². The van der Waals surface area contributed by atoms with Gasteiger partial charge in [0.2, 0.25) is 5.91 Å². The van der Waals surface area contributed by atoms with Gasteiger partial charge in [-0.05, 0) is 38.7 Å². The van der Waals surface area contributed by atoms with Crippen molar-refractivity contribution in [3.8, 4) is 0 Å². The van der Waals surface area contributed by atoms with Gasteiger partial charge in [-0.1, -0.05) is 25.1 Å². The third kappa shape index (κ3) is 2.72. The summed E-state index contributed by atoms with van der Waals surface area (Å²) >= 11 is 1.59. The highest BCUT2D eigenvalue weighted by molar-refractivity contribution is 7.26. The Balaban J connectivity index is 1.79. The molecule has 1 aromatic carbocycles. The number of fused-ring (bicyclic) bond motifs is 3. The van der Waals surface area contributed by atoms with Crippen LogP contribution in [0.1, 0.15) is 38.4 Å². The average molecular weight is 369 g/mol. The standard InChI is InChI=1S/C20H23N3O2S/c1-12-8-10-22(11-9-12)19(24)14(3)23-20(25)17-15-6-4-5-7-16(15)26-18(17)13(2)21-23/h4-7,12,14H,8-11H2,1-3H3. The van der Waals surface area contributed by atoms with Gasteiger partial charge in [-0.3, -0.25) is 9.59 Å². The number of piperidine rings is 1. The second kappa shape index (κ2) is 6.50. The Hall–Kier alpha value is -2.21. The molecule has 0 saturated carbocycles. The number of aromatic nitrogens is 2. The van der Waals surface area contributed by atoms with Crippen molar-refractivity contribution < 1.29 is 4.79 Å². The lowest BCUT2D eigenvalue weighted by Crippen LogP contribution is -2.43. The number of benzene rings is 1. The highest BCUT2D eigenvalue weighted by Gasteiger charge is 2.28. The van der Waals surface area contributed by atoms with Crippen molar-refractivity contribution in [1.29, 1.82) is 0 Å². The molecule has 26 heavy (non-hydrogen) atoms. The molecule has 0 aliphatic carbocycles. The van der Waals surface area contributed by atoms with Crippen LogP contribution in [0.5, 0.6) is 0 Å². The predicted octanol–water partition coefficient (Wildman–Crippen LogP) is 3.74. The molecule has 1 fully saturated rings. The Morgan fingerprint density at radius 2 is 1.96 bits per heavy atom. The van der Waals surface area contributed by atoms with Crippen LogP contribution in [0.15, 0.2) is 29.1 Å². The topological polar surface area (TPSA) is 55.2 Å². The monoisotopic (exact) mass is 369 g/mol. The van der Waals surface area contributed by atoms with Gasteiger partial charge in [-0.25, -0.2) is 4.68 Å². The fraction of sp³-hybridized carbons (Fsp3) is 0.450. The van der Waals surface area contributed by atoms with Gasteiger partial charge >= 0.3 is 0 Å². The molecule has 6 heteroatoms. The van der Waals surface area contributed by atoms with E-state index >= 15 is 0 Å². The van der Waals surface area contributed by atoms with Gasteiger partial charge in [-0.2, -0.15) is 5.10 Å². The number of carbonyl (C=O) groups is 1. The zero-order valence-electron chi connectivity index (χ0n) is 15.4. The van der Waals surface area contributed by atoms with Crippen molar-refractivity contribution in [3.63, 3.8) is 0 Å². The van der Waals surface area contributed by atoms with E-state index < -0.39 is 6.04 Å². The minimum absolute atomic E-state index is 0.00946. The van der Waals surface area contributed by atoms with Crippen LogP contribution >= 0.6 is 11.3 Å². The van der Waals surface area contributed by atoms with Crippen LogP contribution in [0, 0.1) is 12.8 Å². The Bertz CT molecular complexity index is 1040. The minimum Gasteiger partial charge on any atom is -0.341 e. The van der Waals surface area contributed by atoms with E-state index in [1.807, 2.05) is 36.1 Å². The van der Waals surface area contributed by atoms with E-state index in [0.717, 1.165) is 46.4 Å². The Morgan fingerprint density at radius 3 is 2.69 bits per heavy atom. The van der Waals surface area contributed by atoms with Gasteiger partial charge in [0.15, 0.2) is 0 Å². The number of aryl methyl sites for hydroxylation is 1. The van der Waals surface area contributed by atoms with Gasteiger partial charge in [0.05, 0.1) is 15.8 Å². The van der Waals surface area contributed by atoms with Gasteiger partial charge < -0.3 is 4.90 Å². The highest BCUT2D eigenvalue weighted by Crippen LogP contribution is 2.33. The molecule has 0 bridgehead atoms. The van der Waals surface area contributed by atoms with E-state index in [1.54, 1.807) is 18.3 Å². The van der Waals surface area contributed by atoms with E-state index in [4.69, 9.17) is 0 Å². The van der Waals surface area contributed by atoms with E-state index in [1.165, 1.54) is 4.68 Å². The van der Waals surface area contributed by atoms with Gasteiger partial charge in [0.1, 0.15) is 6.04 Å². The van der Waals surface area contributed by atoms with Crippen molar-refractivity contribution in [2.75, 3.05) is 13.1 Å².